The standard InChI is InChI=1S/C15H19BrN2O2S/c1-10-8-13(19)17-15(5-2-3-6-15)14(20)18(10)9-12-11(16)4-7-21-12/h4,7,10H,2-3,5-6,8-9H2,1H3,(H,17,19). The Morgan fingerprint density at radius 3 is 2.76 bits per heavy atom. The fourth-order valence-corrected chi connectivity index (χ4v) is 4.84. The van der Waals surface area contributed by atoms with Gasteiger partial charge in [-0.2, -0.15) is 0 Å². The molecule has 1 saturated heterocycles. The first kappa shape index (κ1) is 15.0. The lowest BCUT2D eigenvalue weighted by atomic mass is 9.95. The molecular formula is C15H19BrN2O2S. The Morgan fingerprint density at radius 1 is 1.43 bits per heavy atom. The summed E-state index contributed by atoms with van der Waals surface area (Å²) in [7, 11) is 0. The first-order chi connectivity index (χ1) is 10.0. The van der Waals surface area contributed by atoms with Crippen molar-refractivity contribution in [3.05, 3.63) is 20.8 Å². The second kappa shape index (κ2) is 5.72. The van der Waals surface area contributed by atoms with Crippen LogP contribution in [0.15, 0.2) is 15.9 Å². The first-order valence-corrected chi connectivity index (χ1v) is 9.03. The lowest BCUT2D eigenvalue weighted by Crippen LogP contribution is -2.55. The molecule has 1 aromatic rings. The zero-order valence-corrected chi connectivity index (χ0v) is 14.4. The lowest BCUT2D eigenvalue weighted by molar-refractivity contribution is -0.140. The number of hydrogen-bond donors (Lipinski definition) is 1. The van der Waals surface area contributed by atoms with Gasteiger partial charge in [-0.25, -0.2) is 0 Å². The fourth-order valence-electron chi connectivity index (χ4n) is 3.36. The third-order valence-corrected chi connectivity index (χ3v) is 6.44. The molecule has 1 unspecified atom stereocenters. The Hall–Kier alpha value is -0.880. The van der Waals surface area contributed by atoms with Crippen molar-refractivity contribution in [3.8, 4) is 0 Å². The molecule has 2 aliphatic rings. The van der Waals surface area contributed by atoms with Crippen molar-refractivity contribution in [1.82, 2.24) is 10.2 Å². The zero-order chi connectivity index (χ0) is 15.0. The molecule has 0 aromatic carbocycles. The summed E-state index contributed by atoms with van der Waals surface area (Å²) in [6.45, 7) is 2.54. The van der Waals surface area contributed by atoms with E-state index in [1.807, 2.05) is 23.3 Å². The van der Waals surface area contributed by atoms with Gasteiger partial charge in [0.25, 0.3) is 0 Å². The van der Waals surface area contributed by atoms with E-state index in [1.165, 1.54) is 0 Å². The SMILES string of the molecule is CC1CC(=O)NC2(CCCC2)C(=O)N1Cc1sccc1Br. The van der Waals surface area contributed by atoms with Gasteiger partial charge in [-0.05, 0) is 47.1 Å². The molecule has 1 atom stereocenters. The minimum absolute atomic E-state index is 0.00509. The third kappa shape index (κ3) is 2.75. The monoisotopic (exact) mass is 370 g/mol. The largest absolute Gasteiger partial charge is 0.342 e. The quantitative estimate of drug-likeness (QED) is 0.869. The molecule has 6 heteroatoms. The van der Waals surface area contributed by atoms with E-state index in [9.17, 15) is 9.59 Å². The van der Waals surface area contributed by atoms with E-state index in [4.69, 9.17) is 0 Å². The van der Waals surface area contributed by atoms with Crippen LogP contribution < -0.4 is 5.32 Å². The minimum atomic E-state index is -0.647. The number of rotatable bonds is 2. The topological polar surface area (TPSA) is 49.4 Å². The van der Waals surface area contributed by atoms with Crippen LogP contribution in [-0.2, 0) is 16.1 Å². The van der Waals surface area contributed by atoms with Crippen molar-refractivity contribution in [1.29, 1.82) is 0 Å². The van der Waals surface area contributed by atoms with Crippen LogP contribution in [0.25, 0.3) is 0 Å². The molecule has 1 saturated carbocycles. The normalized spacial score (nSPS) is 25.2. The van der Waals surface area contributed by atoms with Crippen LogP contribution in [0.3, 0.4) is 0 Å². The van der Waals surface area contributed by atoms with E-state index < -0.39 is 5.54 Å². The summed E-state index contributed by atoms with van der Waals surface area (Å²) < 4.78 is 1.04. The van der Waals surface area contributed by atoms with Gasteiger partial charge >= 0.3 is 0 Å². The molecular weight excluding hydrogens is 352 g/mol. The predicted octanol–water partition coefficient (Wildman–Crippen LogP) is 3.06. The summed E-state index contributed by atoms with van der Waals surface area (Å²) in [5.41, 5.74) is -0.647. The van der Waals surface area contributed by atoms with Crippen molar-refractivity contribution in [2.24, 2.45) is 0 Å². The summed E-state index contributed by atoms with van der Waals surface area (Å²) in [6.07, 6.45) is 3.95. The van der Waals surface area contributed by atoms with E-state index in [0.717, 1.165) is 35.0 Å². The maximum Gasteiger partial charge on any atom is 0.248 e. The van der Waals surface area contributed by atoms with Crippen molar-refractivity contribution in [3.63, 3.8) is 0 Å². The van der Waals surface area contributed by atoms with Crippen LogP contribution in [0.1, 0.15) is 43.9 Å². The maximum atomic E-state index is 13.1. The molecule has 2 heterocycles. The number of carbonyl (C=O) groups is 2. The number of thiophene rings is 1. The Balaban J connectivity index is 1.91. The van der Waals surface area contributed by atoms with Crippen LogP contribution in [0.4, 0.5) is 0 Å². The molecule has 1 spiro atoms. The number of amides is 2. The maximum absolute atomic E-state index is 13.1. The van der Waals surface area contributed by atoms with Crippen molar-refractivity contribution >= 4 is 39.1 Å². The molecule has 0 radical (unpaired) electrons. The predicted molar refractivity (Wildman–Crippen MR) is 86.0 cm³/mol. The van der Waals surface area contributed by atoms with Crippen molar-refractivity contribution in [2.45, 2.75) is 57.2 Å². The second-order valence-corrected chi connectivity index (χ2v) is 7.87. The van der Waals surface area contributed by atoms with E-state index >= 15 is 0 Å². The third-order valence-electron chi connectivity index (χ3n) is 4.52. The molecule has 0 bridgehead atoms. The average Bonchev–Trinajstić information content (AvgIpc) is 3.03. The summed E-state index contributed by atoms with van der Waals surface area (Å²) >= 11 is 5.17. The highest BCUT2D eigenvalue weighted by molar-refractivity contribution is 9.10. The molecule has 4 nitrogen and oxygen atoms in total. The molecule has 2 fully saturated rings. The van der Waals surface area contributed by atoms with Crippen LogP contribution in [-0.4, -0.2) is 28.3 Å². The van der Waals surface area contributed by atoms with Crippen LogP contribution in [0, 0.1) is 0 Å². The summed E-state index contributed by atoms with van der Waals surface area (Å²) in [5, 5.41) is 5.04. The van der Waals surface area contributed by atoms with Crippen LogP contribution >= 0.6 is 27.3 Å². The van der Waals surface area contributed by atoms with Gasteiger partial charge in [-0.15, -0.1) is 11.3 Å². The number of nitrogens with zero attached hydrogens (tertiary/aromatic N) is 1. The van der Waals surface area contributed by atoms with Crippen LogP contribution in [0.2, 0.25) is 0 Å². The lowest BCUT2D eigenvalue weighted by Gasteiger charge is -2.34. The molecule has 1 N–H and O–H groups in total. The number of hydrogen-bond acceptors (Lipinski definition) is 3. The van der Waals surface area contributed by atoms with Crippen molar-refractivity contribution < 1.29 is 9.59 Å². The molecule has 1 aliphatic carbocycles. The van der Waals surface area contributed by atoms with Gasteiger partial charge in [-0.1, -0.05) is 12.8 Å². The first-order valence-electron chi connectivity index (χ1n) is 7.36. The van der Waals surface area contributed by atoms with E-state index in [0.29, 0.717) is 13.0 Å². The van der Waals surface area contributed by atoms with Gasteiger partial charge in [0.2, 0.25) is 11.8 Å². The Labute approximate surface area is 137 Å². The van der Waals surface area contributed by atoms with Crippen LogP contribution in [0.5, 0.6) is 0 Å². The highest BCUT2D eigenvalue weighted by atomic mass is 79.9. The summed E-state index contributed by atoms with van der Waals surface area (Å²) in [4.78, 5) is 28.2. The molecule has 1 aliphatic heterocycles. The minimum Gasteiger partial charge on any atom is -0.342 e. The van der Waals surface area contributed by atoms with E-state index in [1.54, 1.807) is 11.3 Å². The smallest absolute Gasteiger partial charge is 0.248 e. The van der Waals surface area contributed by atoms with Gasteiger partial charge in [0.05, 0.1) is 6.54 Å². The van der Waals surface area contributed by atoms with Crippen molar-refractivity contribution in [2.75, 3.05) is 0 Å². The Bertz CT molecular complexity index is 566. The second-order valence-electron chi connectivity index (χ2n) is 6.02. The fraction of sp³-hybridized carbons (Fsp3) is 0.600. The molecule has 2 amide bonds. The van der Waals surface area contributed by atoms with E-state index in [2.05, 4.69) is 21.2 Å². The number of carbonyl (C=O) groups excluding carboxylic acids is 2. The molecule has 114 valence electrons. The van der Waals surface area contributed by atoms with Gasteiger partial charge in [0.15, 0.2) is 0 Å². The molecule has 3 rings (SSSR count). The highest BCUT2D eigenvalue weighted by Gasteiger charge is 2.48. The van der Waals surface area contributed by atoms with Gasteiger partial charge in [0, 0.05) is 21.8 Å². The highest BCUT2D eigenvalue weighted by Crippen LogP contribution is 2.35. The van der Waals surface area contributed by atoms with Gasteiger partial charge in [0.1, 0.15) is 5.54 Å². The van der Waals surface area contributed by atoms with Gasteiger partial charge in [-0.3, -0.25) is 9.59 Å². The Morgan fingerprint density at radius 2 is 2.14 bits per heavy atom. The molecule has 1 aromatic heterocycles. The summed E-state index contributed by atoms with van der Waals surface area (Å²) in [5.74, 6) is 0.101. The average molecular weight is 371 g/mol. The number of nitrogens with one attached hydrogen (secondary N) is 1. The van der Waals surface area contributed by atoms with E-state index in [-0.39, 0.29) is 17.9 Å². The zero-order valence-electron chi connectivity index (χ0n) is 12.0. The van der Waals surface area contributed by atoms with Gasteiger partial charge < -0.3 is 10.2 Å². The summed E-state index contributed by atoms with van der Waals surface area (Å²) in [6, 6.07) is 1.94. The molecule has 21 heavy (non-hydrogen) atoms. The number of halogens is 1. The Kier molecular flexibility index (Phi) is 4.10.